The van der Waals surface area contributed by atoms with Crippen molar-refractivity contribution in [2.45, 2.75) is 45.6 Å². The number of sulfonamides is 1. The molecule has 0 aliphatic carbocycles. The average molecular weight is 338 g/mol. The zero-order valence-electron chi connectivity index (χ0n) is 14.0. The van der Waals surface area contributed by atoms with E-state index in [1.807, 2.05) is 32.0 Å². The molecule has 7 heteroatoms. The van der Waals surface area contributed by atoms with Crippen LogP contribution in [0.25, 0.3) is 0 Å². The number of nitrogens with zero attached hydrogens (tertiary/aromatic N) is 1. The van der Waals surface area contributed by atoms with Crippen molar-refractivity contribution >= 4 is 10.0 Å². The first-order chi connectivity index (χ1) is 10.7. The van der Waals surface area contributed by atoms with Crippen molar-refractivity contribution < 1.29 is 17.7 Å². The fourth-order valence-corrected chi connectivity index (χ4v) is 3.80. The van der Waals surface area contributed by atoms with Crippen LogP contribution in [-0.2, 0) is 10.0 Å². The van der Waals surface area contributed by atoms with Crippen molar-refractivity contribution in [3.63, 3.8) is 0 Å². The minimum atomic E-state index is -3.68. The molecule has 1 aromatic carbocycles. The van der Waals surface area contributed by atoms with Crippen LogP contribution < -0.4 is 9.46 Å². The average Bonchev–Trinajstić information content (AvgIpc) is 2.79. The lowest BCUT2D eigenvalue weighted by Crippen LogP contribution is -2.37. The molecule has 2 aromatic rings. The lowest BCUT2D eigenvalue weighted by atomic mass is 10.1. The largest absolute Gasteiger partial charge is 0.492 e. The van der Waals surface area contributed by atoms with E-state index in [0.717, 1.165) is 11.3 Å². The van der Waals surface area contributed by atoms with E-state index in [0.29, 0.717) is 5.69 Å². The first-order valence-electron chi connectivity index (χ1n) is 7.36. The highest BCUT2D eigenvalue weighted by Gasteiger charge is 2.25. The second-order valence-electron chi connectivity index (χ2n) is 5.73. The lowest BCUT2D eigenvalue weighted by Gasteiger charge is -2.15. The van der Waals surface area contributed by atoms with Gasteiger partial charge in [-0.05, 0) is 57.9 Å². The molecule has 0 saturated carbocycles. The second kappa shape index (κ2) is 6.72. The van der Waals surface area contributed by atoms with E-state index < -0.39 is 16.1 Å². The third-order valence-electron chi connectivity index (χ3n) is 3.57. The third kappa shape index (κ3) is 4.11. The number of aryl methyl sites for hydroxylation is 4. The maximum Gasteiger partial charge on any atom is 0.246 e. The number of hydrogen-bond acceptors (Lipinski definition) is 5. The molecule has 23 heavy (non-hydrogen) atoms. The Hall–Kier alpha value is -1.86. The van der Waals surface area contributed by atoms with Crippen molar-refractivity contribution in [3.05, 3.63) is 40.8 Å². The summed E-state index contributed by atoms with van der Waals surface area (Å²) in [5.74, 6) is 0.994. The fraction of sp³-hybridized carbons (Fsp3) is 0.438. The van der Waals surface area contributed by atoms with Crippen LogP contribution in [0.5, 0.6) is 5.75 Å². The van der Waals surface area contributed by atoms with Crippen LogP contribution in [0.15, 0.2) is 27.6 Å². The van der Waals surface area contributed by atoms with Gasteiger partial charge in [0.05, 0.1) is 6.04 Å². The lowest BCUT2D eigenvalue weighted by molar-refractivity contribution is 0.287. The Morgan fingerprint density at radius 3 is 2.48 bits per heavy atom. The number of ether oxygens (including phenoxy) is 1. The van der Waals surface area contributed by atoms with Crippen molar-refractivity contribution in [3.8, 4) is 5.75 Å². The van der Waals surface area contributed by atoms with Crippen molar-refractivity contribution in [1.82, 2.24) is 9.88 Å². The van der Waals surface area contributed by atoms with Gasteiger partial charge < -0.3 is 9.26 Å². The second-order valence-corrected chi connectivity index (χ2v) is 7.38. The molecule has 6 nitrogen and oxygen atoms in total. The summed E-state index contributed by atoms with van der Waals surface area (Å²) in [4.78, 5) is 0.0931. The number of nitrogens with one attached hydrogen (secondary N) is 1. The summed E-state index contributed by atoms with van der Waals surface area (Å²) in [5, 5.41) is 3.68. The minimum absolute atomic E-state index is 0.0931. The standard InChI is InChI=1S/C16H22N2O4S/c1-10-6-7-15(8-11(10)2)21-9-12(3)18-23(19,20)16-13(4)17-22-14(16)5/h6-8,12,18H,9H2,1-5H3/t12-/m1/s1. The van der Waals surface area contributed by atoms with E-state index in [4.69, 9.17) is 9.26 Å². The molecule has 2 rings (SSSR count). The molecular formula is C16H22N2O4S. The van der Waals surface area contributed by atoms with E-state index in [9.17, 15) is 8.42 Å². The van der Waals surface area contributed by atoms with Crippen LogP contribution in [0.3, 0.4) is 0 Å². The summed E-state index contributed by atoms with van der Waals surface area (Å²) in [5.41, 5.74) is 2.66. The molecule has 0 amide bonds. The molecule has 0 unspecified atom stereocenters. The van der Waals surface area contributed by atoms with Gasteiger partial charge in [0, 0.05) is 0 Å². The van der Waals surface area contributed by atoms with E-state index in [1.54, 1.807) is 20.8 Å². The molecular weight excluding hydrogens is 316 g/mol. The van der Waals surface area contributed by atoms with Gasteiger partial charge in [-0.3, -0.25) is 0 Å². The predicted molar refractivity (Wildman–Crippen MR) is 87.2 cm³/mol. The molecule has 1 N–H and O–H groups in total. The van der Waals surface area contributed by atoms with Crippen molar-refractivity contribution in [2.24, 2.45) is 0 Å². The molecule has 0 spiro atoms. The summed E-state index contributed by atoms with van der Waals surface area (Å²) >= 11 is 0. The van der Waals surface area contributed by atoms with Crippen molar-refractivity contribution in [2.75, 3.05) is 6.61 Å². The van der Waals surface area contributed by atoms with Gasteiger partial charge in [-0.2, -0.15) is 0 Å². The first-order valence-corrected chi connectivity index (χ1v) is 8.84. The Labute approximate surface area is 136 Å². The normalized spacial score (nSPS) is 13.1. The van der Waals surface area contributed by atoms with Crippen LogP contribution in [0.1, 0.15) is 29.5 Å². The summed E-state index contributed by atoms with van der Waals surface area (Å²) in [6, 6.07) is 5.39. The topological polar surface area (TPSA) is 81.4 Å². The molecule has 0 radical (unpaired) electrons. The van der Waals surface area contributed by atoms with E-state index in [2.05, 4.69) is 9.88 Å². The maximum atomic E-state index is 12.4. The Kier molecular flexibility index (Phi) is 5.11. The van der Waals surface area contributed by atoms with Gasteiger partial charge in [-0.1, -0.05) is 11.2 Å². The molecule has 0 aliphatic rings. The summed E-state index contributed by atoms with van der Waals surface area (Å²) in [7, 11) is -3.68. The molecule has 0 aliphatic heterocycles. The van der Waals surface area contributed by atoms with Crippen LogP contribution >= 0.6 is 0 Å². The summed E-state index contributed by atoms with van der Waals surface area (Å²) in [6.45, 7) is 9.18. The first kappa shape index (κ1) is 17.5. The zero-order valence-corrected chi connectivity index (χ0v) is 14.8. The monoisotopic (exact) mass is 338 g/mol. The van der Waals surface area contributed by atoms with Gasteiger partial charge >= 0.3 is 0 Å². The Morgan fingerprint density at radius 2 is 1.91 bits per heavy atom. The van der Waals surface area contributed by atoms with Gasteiger partial charge in [0.15, 0.2) is 5.76 Å². The number of benzene rings is 1. The van der Waals surface area contributed by atoms with Gasteiger partial charge in [0.1, 0.15) is 22.9 Å². The van der Waals surface area contributed by atoms with Crippen LogP contribution in [0.4, 0.5) is 0 Å². The molecule has 1 heterocycles. The smallest absolute Gasteiger partial charge is 0.246 e. The highest BCUT2D eigenvalue weighted by Crippen LogP contribution is 2.19. The number of aromatic nitrogens is 1. The van der Waals surface area contributed by atoms with E-state index >= 15 is 0 Å². The van der Waals surface area contributed by atoms with Gasteiger partial charge in [0.25, 0.3) is 0 Å². The Morgan fingerprint density at radius 1 is 1.22 bits per heavy atom. The SMILES string of the molecule is Cc1ccc(OC[C@@H](C)NS(=O)(=O)c2c(C)noc2C)cc1C. The van der Waals surface area contributed by atoms with Gasteiger partial charge in [-0.15, -0.1) is 0 Å². The number of hydrogen-bond donors (Lipinski definition) is 1. The summed E-state index contributed by atoms with van der Waals surface area (Å²) in [6.07, 6.45) is 0. The molecule has 126 valence electrons. The molecule has 1 atom stereocenters. The van der Waals surface area contributed by atoms with Crippen LogP contribution in [0.2, 0.25) is 0 Å². The molecule has 0 saturated heterocycles. The van der Waals surface area contributed by atoms with Gasteiger partial charge in [0.2, 0.25) is 10.0 Å². The van der Waals surface area contributed by atoms with Crippen LogP contribution in [0, 0.1) is 27.7 Å². The van der Waals surface area contributed by atoms with E-state index in [1.165, 1.54) is 5.56 Å². The fourth-order valence-electron chi connectivity index (χ4n) is 2.24. The van der Waals surface area contributed by atoms with Crippen LogP contribution in [-0.4, -0.2) is 26.2 Å². The molecule has 0 fully saturated rings. The van der Waals surface area contributed by atoms with Crippen molar-refractivity contribution in [1.29, 1.82) is 0 Å². The highest BCUT2D eigenvalue weighted by molar-refractivity contribution is 7.89. The number of rotatable bonds is 6. The highest BCUT2D eigenvalue weighted by atomic mass is 32.2. The maximum absolute atomic E-state index is 12.4. The Balaban J connectivity index is 2.01. The quantitative estimate of drug-likeness (QED) is 0.876. The predicted octanol–water partition coefficient (Wildman–Crippen LogP) is 2.65. The Bertz CT molecular complexity index is 777. The molecule has 0 bridgehead atoms. The van der Waals surface area contributed by atoms with E-state index in [-0.39, 0.29) is 17.3 Å². The third-order valence-corrected chi connectivity index (χ3v) is 5.40. The van der Waals surface area contributed by atoms with Gasteiger partial charge in [-0.25, -0.2) is 13.1 Å². The zero-order chi connectivity index (χ0) is 17.2. The minimum Gasteiger partial charge on any atom is -0.492 e. The summed E-state index contributed by atoms with van der Waals surface area (Å²) < 4.78 is 37.9. The molecule has 1 aromatic heterocycles.